The van der Waals surface area contributed by atoms with Crippen LogP contribution in [0.5, 0.6) is 0 Å². The molecule has 0 spiro atoms. The Balaban J connectivity index is 2.41. The third kappa shape index (κ3) is 5.06. The third-order valence-corrected chi connectivity index (χ3v) is 2.74. The van der Waals surface area contributed by atoms with Crippen molar-refractivity contribution in [1.82, 2.24) is 5.32 Å². The van der Waals surface area contributed by atoms with Crippen LogP contribution < -0.4 is 5.32 Å². The second kappa shape index (κ2) is 5.38. The van der Waals surface area contributed by atoms with Gasteiger partial charge in [0.15, 0.2) is 0 Å². The maximum atomic E-state index is 11.5. The lowest BCUT2D eigenvalue weighted by atomic mass is 9.86. The summed E-state index contributed by atoms with van der Waals surface area (Å²) < 4.78 is 5.14. The molecule has 2 atom stereocenters. The summed E-state index contributed by atoms with van der Waals surface area (Å²) in [5, 5.41) is 11.7. The molecule has 1 fully saturated rings. The smallest absolute Gasteiger partial charge is 0.407 e. The van der Waals surface area contributed by atoms with Gasteiger partial charge >= 0.3 is 12.1 Å². The Morgan fingerprint density at radius 1 is 1.29 bits per heavy atom. The normalized spacial score (nSPS) is 25.1. The molecule has 17 heavy (non-hydrogen) atoms. The van der Waals surface area contributed by atoms with E-state index in [2.05, 4.69) is 5.32 Å². The predicted molar refractivity (Wildman–Crippen MR) is 62.8 cm³/mol. The monoisotopic (exact) mass is 243 g/mol. The average Bonchev–Trinajstić information content (AvgIpc) is 2.14. The summed E-state index contributed by atoms with van der Waals surface area (Å²) in [6.07, 6.45) is 2.38. The van der Waals surface area contributed by atoms with Gasteiger partial charge in [-0.1, -0.05) is 6.42 Å². The van der Waals surface area contributed by atoms with Crippen LogP contribution in [0.25, 0.3) is 0 Å². The fourth-order valence-electron chi connectivity index (χ4n) is 2.02. The van der Waals surface area contributed by atoms with E-state index in [1.165, 1.54) is 0 Å². The number of hydrogen-bond acceptors (Lipinski definition) is 3. The van der Waals surface area contributed by atoms with Crippen LogP contribution in [-0.4, -0.2) is 28.8 Å². The van der Waals surface area contributed by atoms with E-state index in [0.29, 0.717) is 12.8 Å². The summed E-state index contributed by atoms with van der Waals surface area (Å²) in [6.45, 7) is 5.40. The first-order chi connectivity index (χ1) is 7.78. The molecule has 1 aliphatic carbocycles. The minimum absolute atomic E-state index is 0.0836. The van der Waals surface area contributed by atoms with Gasteiger partial charge in [0.1, 0.15) is 5.60 Å². The van der Waals surface area contributed by atoms with Crippen molar-refractivity contribution < 1.29 is 19.4 Å². The van der Waals surface area contributed by atoms with E-state index in [1.807, 2.05) is 0 Å². The number of amides is 1. The molecule has 0 aliphatic heterocycles. The van der Waals surface area contributed by atoms with Crippen molar-refractivity contribution in [2.24, 2.45) is 5.92 Å². The van der Waals surface area contributed by atoms with E-state index in [4.69, 9.17) is 9.84 Å². The maximum Gasteiger partial charge on any atom is 0.407 e. The van der Waals surface area contributed by atoms with E-state index in [1.54, 1.807) is 20.8 Å². The molecular formula is C12H21NO4. The molecule has 2 N–H and O–H groups in total. The zero-order chi connectivity index (χ0) is 13.1. The molecule has 1 aliphatic rings. The molecule has 0 heterocycles. The zero-order valence-corrected chi connectivity index (χ0v) is 10.7. The lowest BCUT2D eigenvalue weighted by molar-refractivity contribution is -0.143. The molecular weight excluding hydrogens is 222 g/mol. The number of alkyl carbamates (subject to hydrolysis) is 1. The van der Waals surface area contributed by atoms with Crippen LogP contribution in [0, 0.1) is 5.92 Å². The molecule has 1 amide bonds. The van der Waals surface area contributed by atoms with Crippen LogP contribution in [0.4, 0.5) is 4.79 Å². The first-order valence-electron chi connectivity index (χ1n) is 6.00. The number of hydrogen-bond donors (Lipinski definition) is 2. The number of nitrogens with one attached hydrogen (secondary N) is 1. The van der Waals surface area contributed by atoms with Gasteiger partial charge in [-0.15, -0.1) is 0 Å². The molecule has 0 saturated heterocycles. The van der Waals surface area contributed by atoms with Crippen LogP contribution in [0.15, 0.2) is 0 Å². The van der Waals surface area contributed by atoms with E-state index < -0.39 is 17.7 Å². The maximum absolute atomic E-state index is 11.5. The number of carboxylic acids is 1. The van der Waals surface area contributed by atoms with Crippen LogP contribution in [0.3, 0.4) is 0 Å². The predicted octanol–water partition coefficient (Wildman–Crippen LogP) is 2.15. The molecule has 1 saturated carbocycles. The molecule has 0 aromatic rings. The Morgan fingerprint density at radius 2 is 1.94 bits per heavy atom. The number of aliphatic carboxylic acids is 1. The second-order valence-corrected chi connectivity index (χ2v) is 5.54. The van der Waals surface area contributed by atoms with Crippen LogP contribution >= 0.6 is 0 Å². The molecule has 0 radical (unpaired) electrons. The Labute approximate surface area is 102 Å². The SMILES string of the molecule is CC(C)(C)OC(=O)NC1CCC[C@@H](C(=O)O)C1. The molecule has 98 valence electrons. The van der Waals surface area contributed by atoms with Crippen molar-refractivity contribution in [3.8, 4) is 0 Å². The van der Waals surface area contributed by atoms with Crippen molar-refractivity contribution >= 4 is 12.1 Å². The highest BCUT2D eigenvalue weighted by Crippen LogP contribution is 2.24. The van der Waals surface area contributed by atoms with Crippen LogP contribution in [-0.2, 0) is 9.53 Å². The van der Waals surface area contributed by atoms with E-state index in [0.717, 1.165) is 12.8 Å². The van der Waals surface area contributed by atoms with Crippen LogP contribution in [0.2, 0.25) is 0 Å². The summed E-state index contributed by atoms with van der Waals surface area (Å²) in [6, 6.07) is -0.0836. The van der Waals surface area contributed by atoms with Gasteiger partial charge in [-0.05, 0) is 40.0 Å². The van der Waals surface area contributed by atoms with Gasteiger partial charge in [-0.2, -0.15) is 0 Å². The average molecular weight is 243 g/mol. The molecule has 0 aromatic carbocycles. The number of carboxylic acid groups (broad SMARTS) is 1. The highest BCUT2D eigenvalue weighted by atomic mass is 16.6. The quantitative estimate of drug-likeness (QED) is 0.779. The van der Waals surface area contributed by atoms with E-state index >= 15 is 0 Å². The molecule has 5 heteroatoms. The Morgan fingerprint density at radius 3 is 2.47 bits per heavy atom. The summed E-state index contributed by atoms with van der Waals surface area (Å²) in [4.78, 5) is 22.4. The van der Waals surface area contributed by atoms with Gasteiger partial charge in [0.2, 0.25) is 0 Å². The summed E-state index contributed by atoms with van der Waals surface area (Å²) in [5.41, 5.74) is -0.523. The third-order valence-electron chi connectivity index (χ3n) is 2.74. The van der Waals surface area contributed by atoms with Crippen molar-refractivity contribution in [2.45, 2.75) is 58.1 Å². The van der Waals surface area contributed by atoms with Gasteiger partial charge in [0.05, 0.1) is 5.92 Å². The molecule has 1 unspecified atom stereocenters. The van der Waals surface area contributed by atoms with Crippen molar-refractivity contribution in [1.29, 1.82) is 0 Å². The van der Waals surface area contributed by atoms with E-state index in [-0.39, 0.29) is 12.0 Å². The lowest BCUT2D eigenvalue weighted by Crippen LogP contribution is -2.42. The van der Waals surface area contributed by atoms with Gasteiger partial charge in [0, 0.05) is 6.04 Å². The van der Waals surface area contributed by atoms with Crippen LogP contribution in [0.1, 0.15) is 46.5 Å². The lowest BCUT2D eigenvalue weighted by Gasteiger charge is -2.28. The van der Waals surface area contributed by atoms with Crippen molar-refractivity contribution in [2.75, 3.05) is 0 Å². The second-order valence-electron chi connectivity index (χ2n) is 5.54. The first-order valence-corrected chi connectivity index (χ1v) is 6.00. The number of rotatable bonds is 2. The Hall–Kier alpha value is -1.26. The number of ether oxygens (including phenoxy) is 1. The summed E-state index contributed by atoms with van der Waals surface area (Å²) >= 11 is 0. The van der Waals surface area contributed by atoms with Gasteiger partial charge in [0.25, 0.3) is 0 Å². The topological polar surface area (TPSA) is 75.6 Å². The highest BCUT2D eigenvalue weighted by Gasteiger charge is 2.28. The highest BCUT2D eigenvalue weighted by molar-refractivity contribution is 5.71. The van der Waals surface area contributed by atoms with Gasteiger partial charge < -0.3 is 15.2 Å². The molecule has 5 nitrogen and oxygen atoms in total. The van der Waals surface area contributed by atoms with Crippen molar-refractivity contribution in [3.05, 3.63) is 0 Å². The van der Waals surface area contributed by atoms with Gasteiger partial charge in [-0.3, -0.25) is 4.79 Å². The summed E-state index contributed by atoms with van der Waals surface area (Å²) in [5.74, 6) is -1.12. The fraction of sp³-hybridized carbons (Fsp3) is 0.833. The summed E-state index contributed by atoms with van der Waals surface area (Å²) in [7, 11) is 0. The number of carbonyl (C=O) groups is 2. The molecule has 0 aromatic heterocycles. The Kier molecular flexibility index (Phi) is 4.37. The number of carbonyl (C=O) groups excluding carboxylic acids is 1. The van der Waals surface area contributed by atoms with Crippen molar-refractivity contribution in [3.63, 3.8) is 0 Å². The molecule has 0 bridgehead atoms. The van der Waals surface area contributed by atoms with E-state index in [9.17, 15) is 9.59 Å². The first kappa shape index (κ1) is 13.8. The van der Waals surface area contributed by atoms with Gasteiger partial charge in [-0.25, -0.2) is 4.79 Å². The fourth-order valence-corrected chi connectivity index (χ4v) is 2.02. The molecule has 1 rings (SSSR count). The minimum Gasteiger partial charge on any atom is -0.481 e. The largest absolute Gasteiger partial charge is 0.481 e. The minimum atomic E-state index is -0.777. The zero-order valence-electron chi connectivity index (χ0n) is 10.7. The standard InChI is InChI=1S/C12H21NO4/c1-12(2,3)17-11(16)13-9-6-4-5-8(7-9)10(14)15/h8-9H,4-7H2,1-3H3,(H,13,16)(H,14,15)/t8-,9?/m1/s1. The Bertz CT molecular complexity index is 295.